The van der Waals surface area contributed by atoms with Crippen molar-refractivity contribution in [2.75, 3.05) is 0 Å². The molecular weight excluding hydrogens is 435 g/mol. The van der Waals surface area contributed by atoms with Crippen molar-refractivity contribution in [3.8, 4) is 0 Å². The van der Waals surface area contributed by atoms with E-state index in [1.54, 1.807) is 0 Å². The van der Waals surface area contributed by atoms with Gasteiger partial charge in [0.2, 0.25) is 0 Å². The van der Waals surface area contributed by atoms with E-state index in [1.807, 2.05) is 152 Å². The van der Waals surface area contributed by atoms with Crippen LogP contribution in [0.4, 0.5) is 0 Å². The Bertz CT molecular complexity index is 802. The predicted molar refractivity (Wildman–Crippen MR) is 168 cm³/mol. The van der Waals surface area contributed by atoms with E-state index >= 15 is 0 Å². The molecule has 0 saturated heterocycles. The molecule has 0 radical (unpaired) electrons. The second kappa shape index (κ2) is 29.9. The largest absolute Gasteiger partial charge is 0.443 e. The van der Waals surface area contributed by atoms with Gasteiger partial charge in [-0.25, -0.2) is 0 Å². The summed E-state index contributed by atoms with van der Waals surface area (Å²) in [4.78, 5) is 0. The van der Waals surface area contributed by atoms with Gasteiger partial charge in [0, 0.05) is 0 Å². The monoisotopic (exact) mass is 486 g/mol. The molecule has 0 atom stereocenters. The average Bonchev–Trinajstić information content (AvgIpc) is 2.99. The molecule has 4 aromatic carbocycles. The fraction of sp³-hybridized carbons (Fsp3) is 0.294. The Hall–Kier alpha value is -3.10. The zero-order chi connectivity index (χ0) is 28.0. The number of hydrogen-bond acceptors (Lipinski definition) is 1. The van der Waals surface area contributed by atoms with Crippen molar-refractivity contribution >= 4 is 17.8 Å². The lowest BCUT2D eigenvalue weighted by atomic mass is 9.56. The lowest BCUT2D eigenvalue weighted by molar-refractivity contribution is 0.600. The van der Waals surface area contributed by atoms with Gasteiger partial charge >= 0.3 is 6.92 Å². The minimum absolute atomic E-state index is 0.516. The lowest BCUT2D eigenvalue weighted by Gasteiger charge is -2.05. The molecule has 0 amide bonds. The van der Waals surface area contributed by atoms with Crippen LogP contribution in [0.25, 0.3) is 0 Å². The van der Waals surface area contributed by atoms with Crippen LogP contribution < -0.4 is 10.9 Å². The van der Waals surface area contributed by atoms with Crippen LogP contribution in [0, 0.1) is 13.8 Å². The molecule has 0 unspecified atom stereocenters. The topological polar surface area (TPSA) is 20.2 Å². The first-order valence-corrected chi connectivity index (χ1v) is 13.5. The molecule has 0 fully saturated rings. The lowest BCUT2D eigenvalue weighted by Crippen LogP contribution is -2.41. The molecule has 0 spiro atoms. The quantitative estimate of drug-likeness (QED) is 0.281. The minimum Gasteiger partial charge on any atom is -0.443 e. The molecule has 0 bridgehead atoms. The summed E-state index contributed by atoms with van der Waals surface area (Å²) in [5.41, 5.74) is 4.50. The van der Waals surface area contributed by atoms with Gasteiger partial charge in [-0.1, -0.05) is 188 Å². The van der Waals surface area contributed by atoms with E-state index in [0.29, 0.717) is 0 Å². The maximum Gasteiger partial charge on any atom is 0.358 e. The molecule has 4 aromatic rings. The van der Waals surface area contributed by atoms with Crippen molar-refractivity contribution in [2.24, 2.45) is 0 Å². The number of benzene rings is 4. The summed E-state index contributed by atoms with van der Waals surface area (Å²) >= 11 is 0. The Balaban J connectivity index is -0.000000423. The second-order valence-corrected chi connectivity index (χ2v) is 6.53. The molecule has 2 heteroatoms. The molecule has 1 nitrogen and oxygen atoms in total. The van der Waals surface area contributed by atoms with Crippen molar-refractivity contribution in [3.05, 3.63) is 132 Å². The molecular formula is C34H51BO. The highest BCUT2D eigenvalue weighted by molar-refractivity contribution is 6.78. The van der Waals surface area contributed by atoms with Gasteiger partial charge in [0.05, 0.1) is 0 Å². The molecule has 0 aromatic heterocycles. The zero-order valence-electron chi connectivity index (χ0n) is 24.6. The Morgan fingerprint density at radius 3 is 0.722 bits per heavy atom. The van der Waals surface area contributed by atoms with E-state index in [9.17, 15) is 5.02 Å². The Kier molecular flexibility index (Phi) is 31.1. The molecule has 36 heavy (non-hydrogen) atoms. The van der Waals surface area contributed by atoms with Crippen LogP contribution in [-0.4, -0.2) is 11.9 Å². The van der Waals surface area contributed by atoms with Crippen molar-refractivity contribution in [3.63, 3.8) is 0 Å². The summed E-state index contributed by atoms with van der Waals surface area (Å²) in [5.74, 6) is 0. The summed E-state index contributed by atoms with van der Waals surface area (Å²) in [6, 6.07) is 39.9. The molecule has 196 valence electrons. The van der Waals surface area contributed by atoms with Gasteiger partial charge in [-0.2, -0.15) is 0 Å². The van der Waals surface area contributed by atoms with Crippen LogP contribution >= 0.6 is 0 Å². The van der Waals surface area contributed by atoms with E-state index in [4.69, 9.17) is 0 Å². The maximum atomic E-state index is 9.99. The summed E-state index contributed by atoms with van der Waals surface area (Å²) in [6.07, 6.45) is 0. The number of hydrogen-bond donors (Lipinski definition) is 1. The van der Waals surface area contributed by atoms with Crippen molar-refractivity contribution < 1.29 is 5.02 Å². The second-order valence-electron chi connectivity index (χ2n) is 6.53. The Morgan fingerprint density at radius 1 is 0.361 bits per heavy atom. The Labute approximate surface area is 224 Å². The van der Waals surface area contributed by atoms with Crippen LogP contribution in [-0.2, 0) is 0 Å². The third-order valence-electron chi connectivity index (χ3n) is 4.11. The van der Waals surface area contributed by atoms with Gasteiger partial charge < -0.3 is 5.02 Å². The molecule has 0 saturated carbocycles. The standard InChI is InChI=1S/C12H11BO.2C7H8.4C2H6/c14-13(11-7-3-1-4-8-11)12-9-5-2-6-10-12;2*1-7-5-3-2-4-6-7;4*1-2/h1-10,14H;2*2-6H,1H3;4*1-2H3. The third-order valence-corrected chi connectivity index (χ3v) is 4.11. The first-order valence-electron chi connectivity index (χ1n) is 13.5. The average molecular weight is 487 g/mol. The van der Waals surface area contributed by atoms with Crippen LogP contribution in [0.15, 0.2) is 121 Å². The number of rotatable bonds is 2. The molecule has 4 rings (SSSR count). The van der Waals surface area contributed by atoms with Crippen LogP contribution in [0.1, 0.15) is 66.5 Å². The molecule has 0 aliphatic carbocycles. The van der Waals surface area contributed by atoms with Gasteiger partial charge in [-0.15, -0.1) is 0 Å². The van der Waals surface area contributed by atoms with Gasteiger partial charge in [0.25, 0.3) is 0 Å². The highest BCUT2D eigenvalue weighted by Crippen LogP contribution is 1.93. The number of aryl methyl sites for hydroxylation is 2. The fourth-order valence-corrected chi connectivity index (χ4v) is 2.53. The SMILES string of the molecule is CC.CC.CC.CC.Cc1ccccc1.Cc1ccccc1.OB(c1ccccc1)c1ccccc1. The van der Waals surface area contributed by atoms with Gasteiger partial charge in [0.15, 0.2) is 0 Å². The van der Waals surface area contributed by atoms with E-state index < -0.39 is 6.92 Å². The fourth-order valence-electron chi connectivity index (χ4n) is 2.53. The van der Waals surface area contributed by atoms with Crippen molar-refractivity contribution in [1.29, 1.82) is 0 Å². The molecule has 0 aliphatic heterocycles. The molecule has 1 N–H and O–H groups in total. The van der Waals surface area contributed by atoms with Crippen LogP contribution in [0.2, 0.25) is 0 Å². The third kappa shape index (κ3) is 20.3. The maximum absolute atomic E-state index is 9.99. The summed E-state index contributed by atoms with van der Waals surface area (Å²) in [6.45, 7) is 19.7. The van der Waals surface area contributed by atoms with Gasteiger partial charge in [-0.3, -0.25) is 0 Å². The van der Waals surface area contributed by atoms with E-state index in [2.05, 4.69) is 38.1 Å². The predicted octanol–water partition coefficient (Wildman–Crippen LogP) is 8.88. The van der Waals surface area contributed by atoms with E-state index in [0.717, 1.165) is 10.9 Å². The first kappa shape index (κ1) is 37.5. The van der Waals surface area contributed by atoms with Gasteiger partial charge in [0.1, 0.15) is 0 Å². The normalized spacial score (nSPS) is 7.86. The zero-order valence-corrected chi connectivity index (χ0v) is 24.6. The van der Waals surface area contributed by atoms with Gasteiger partial charge in [-0.05, 0) is 24.8 Å². The van der Waals surface area contributed by atoms with E-state index in [1.165, 1.54) is 11.1 Å². The smallest absolute Gasteiger partial charge is 0.358 e. The molecule has 0 aliphatic rings. The van der Waals surface area contributed by atoms with E-state index in [-0.39, 0.29) is 0 Å². The summed E-state index contributed by atoms with van der Waals surface area (Å²) in [5, 5.41) is 9.99. The van der Waals surface area contributed by atoms with Crippen molar-refractivity contribution in [2.45, 2.75) is 69.2 Å². The highest BCUT2D eigenvalue weighted by Gasteiger charge is 2.14. The first-order chi connectivity index (χ1) is 17.7. The summed E-state index contributed by atoms with van der Waals surface area (Å²) in [7, 11) is 0. The minimum atomic E-state index is -0.516. The molecule has 0 heterocycles. The van der Waals surface area contributed by atoms with Crippen molar-refractivity contribution in [1.82, 2.24) is 0 Å². The Morgan fingerprint density at radius 2 is 0.556 bits per heavy atom. The summed E-state index contributed by atoms with van der Waals surface area (Å²) < 4.78 is 0. The highest BCUT2D eigenvalue weighted by atomic mass is 16.2. The van der Waals surface area contributed by atoms with Crippen LogP contribution in [0.5, 0.6) is 0 Å². The van der Waals surface area contributed by atoms with Crippen LogP contribution in [0.3, 0.4) is 0 Å².